The number of rotatable bonds is 15. The normalized spacial score (nSPS) is 12.8. The molecule has 0 saturated carbocycles. The summed E-state index contributed by atoms with van der Waals surface area (Å²) in [6.07, 6.45) is 2.12. The standard InChI is InChI=1S/C34H26N6O17S5/c35-20-6-3-18-10-26(59-57-55-44)31(33(41)24(18)12-20)39-37-21-7-4-16(27(13-21)60(45,46)47)1-2-17-5-8-22(14-28(17)61(48,49)50)38-40-32-29(62(51,52)53)11-19-9-23(58-56-54-43)15-25(36)30(19)34(32)42/h1-15,41-44H,35-36H2,(H,45,46,47)(H,48,49,50)(H,51,52,53). The molecule has 11 N–H and O–H groups in total. The zero-order chi connectivity index (χ0) is 45.1. The first-order valence-electron chi connectivity index (χ1n) is 16.4. The van der Waals surface area contributed by atoms with Gasteiger partial charge in [0.2, 0.25) is 0 Å². The van der Waals surface area contributed by atoms with E-state index >= 15 is 0 Å². The minimum atomic E-state index is -5.12. The van der Waals surface area contributed by atoms with Gasteiger partial charge in [0.1, 0.15) is 26.1 Å². The van der Waals surface area contributed by atoms with Gasteiger partial charge in [-0.2, -0.15) is 35.5 Å². The van der Waals surface area contributed by atoms with E-state index in [0.29, 0.717) is 35.2 Å². The van der Waals surface area contributed by atoms with Gasteiger partial charge in [0, 0.05) is 27.0 Å². The van der Waals surface area contributed by atoms with E-state index in [1.54, 1.807) is 12.1 Å². The Bertz CT molecular complexity index is 3200. The highest BCUT2D eigenvalue weighted by molar-refractivity contribution is 7.95. The largest absolute Gasteiger partial charge is 0.505 e. The summed E-state index contributed by atoms with van der Waals surface area (Å²) in [5.41, 5.74) is 10.0. The van der Waals surface area contributed by atoms with Gasteiger partial charge >= 0.3 is 0 Å². The number of nitrogens with zero attached hydrogens (tertiary/aromatic N) is 4. The molecule has 0 unspecified atom stereocenters. The van der Waals surface area contributed by atoms with Crippen molar-refractivity contribution >= 4 is 122 Å². The first-order valence-corrected chi connectivity index (χ1v) is 22.2. The summed E-state index contributed by atoms with van der Waals surface area (Å²) in [4.78, 5) is -2.24. The van der Waals surface area contributed by atoms with Crippen LogP contribution in [-0.2, 0) is 49.1 Å². The summed E-state index contributed by atoms with van der Waals surface area (Å²) in [5.74, 6) is -1.29. The zero-order valence-corrected chi connectivity index (χ0v) is 34.4. The van der Waals surface area contributed by atoms with Crippen molar-refractivity contribution < 1.29 is 78.4 Å². The Morgan fingerprint density at radius 1 is 0.565 bits per heavy atom. The van der Waals surface area contributed by atoms with Crippen molar-refractivity contribution in [1.82, 2.24) is 0 Å². The molecular weight excluding hydrogens is 925 g/mol. The molecule has 0 heterocycles. The maximum Gasteiger partial charge on any atom is 0.296 e. The van der Waals surface area contributed by atoms with Crippen LogP contribution in [0.25, 0.3) is 33.7 Å². The number of anilines is 2. The molecule has 0 aliphatic rings. The Kier molecular flexibility index (Phi) is 13.5. The summed E-state index contributed by atoms with van der Waals surface area (Å²) in [5, 5.41) is 62.3. The van der Waals surface area contributed by atoms with Crippen LogP contribution in [0.5, 0.6) is 11.5 Å². The minimum Gasteiger partial charge on any atom is -0.505 e. The maximum atomic E-state index is 12.5. The van der Waals surface area contributed by atoms with E-state index in [1.165, 1.54) is 30.3 Å². The first kappa shape index (κ1) is 45.7. The summed E-state index contributed by atoms with van der Waals surface area (Å²) in [7, 11) is -15.2. The van der Waals surface area contributed by atoms with E-state index in [0.717, 1.165) is 48.6 Å². The molecule has 23 nitrogen and oxygen atoms in total. The van der Waals surface area contributed by atoms with Crippen molar-refractivity contribution in [3.8, 4) is 11.5 Å². The SMILES string of the molecule is Nc1ccc2cc(SOOO)c(N=Nc3ccc(C=Cc4ccc(N=Nc5c(S(=O)(=O)O)cc6cc(SOOO)cc(N)c6c5O)cc4S(=O)(=O)O)c(S(=O)(=O)O)c3)c(O)c2c1. The lowest BCUT2D eigenvalue weighted by atomic mass is 10.1. The number of phenols is 2. The molecule has 0 spiro atoms. The average Bonchev–Trinajstić information content (AvgIpc) is 3.20. The molecule has 0 aliphatic carbocycles. The number of nitrogens with two attached hydrogens (primary N) is 2. The van der Waals surface area contributed by atoms with Crippen LogP contribution in [0.15, 0.2) is 124 Å². The van der Waals surface area contributed by atoms with Gasteiger partial charge in [-0.25, -0.2) is 10.5 Å². The Balaban J connectivity index is 1.36. The molecule has 0 bridgehead atoms. The van der Waals surface area contributed by atoms with Crippen LogP contribution in [0.1, 0.15) is 11.1 Å². The molecular formula is C34H26N6O17S5. The molecule has 0 aromatic heterocycles. The van der Waals surface area contributed by atoms with Crippen LogP contribution in [-0.4, -0.2) is 59.6 Å². The molecule has 6 aromatic rings. The van der Waals surface area contributed by atoms with Crippen molar-refractivity contribution in [2.45, 2.75) is 24.5 Å². The molecule has 0 fully saturated rings. The van der Waals surface area contributed by atoms with E-state index < -0.39 is 62.2 Å². The summed E-state index contributed by atoms with van der Waals surface area (Å²) in [6, 6.07) is 15.8. The summed E-state index contributed by atoms with van der Waals surface area (Å²) >= 11 is 0.912. The lowest BCUT2D eigenvalue weighted by Gasteiger charge is -2.12. The van der Waals surface area contributed by atoms with Crippen LogP contribution < -0.4 is 11.5 Å². The molecule has 6 aromatic carbocycles. The molecule has 0 saturated heterocycles. The lowest BCUT2D eigenvalue weighted by molar-refractivity contribution is -0.432. The van der Waals surface area contributed by atoms with Crippen LogP contribution in [0.4, 0.5) is 34.1 Å². The van der Waals surface area contributed by atoms with Crippen molar-refractivity contribution in [3.63, 3.8) is 0 Å². The van der Waals surface area contributed by atoms with Crippen molar-refractivity contribution in [1.29, 1.82) is 0 Å². The summed E-state index contributed by atoms with van der Waals surface area (Å²) in [6.45, 7) is 0. The van der Waals surface area contributed by atoms with Gasteiger partial charge in [-0.15, -0.1) is 18.9 Å². The summed E-state index contributed by atoms with van der Waals surface area (Å²) < 4.78 is 114. The Labute approximate surface area is 356 Å². The quantitative estimate of drug-likeness (QED) is 0.00890. The molecule has 28 heteroatoms. The highest BCUT2D eigenvalue weighted by Gasteiger charge is 2.25. The van der Waals surface area contributed by atoms with Gasteiger partial charge < -0.3 is 21.7 Å². The third-order valence-corrected chi connectivity index (χ3v) is 12.2. The highest BCUT2D eigenvalue weighted by atomic mass is 32.2. The topological polar surface area (TPSA) is 382 Å². The van der Waals surface area contributed by atoms with E-state index in [-0.39, 0.29) is 59.8 Å². The second-order valence-electron chi connectivity index (χ2n) is 12.3. The van der Waals surface area contributed by atoms with Gasteiger partial charge in [0.25, 0.3) is 30.4 Å². The predicted molar refractivity (Wildman–Crippen MR) is 221 cm³/mol. The Morgan fingerprint density at radius 3 is 1.66 bits per heavy atom. The van der Waals surface area contributed by atoms with Crippen LogP contribution in [0.2, 0.25) is 0 Å². The molecule has 324 valence electrons. The van der Waals surface area contributed by atoms with Gasteiger partial charge in [-0.05, 0) is 82.6 Å². The highest BCUT2D eigenvalue weighted by Crippen LogP contribution is 2.46. The fraction of sp³-hybridized carbons (Fsp3) is 0. The molecule has 62 heavy (non-hydrogen) atoms. The third kappa shape index (κ3) is 10.3. The monoisotopic (exact) mass is 950 g/mol. The van der Waals surface area contributed by atoms with E-state index in [9.17, 15) is 49.1 Å². The number of nitrogen functional groups attached to an aromatic ring is 2. The second kappa shape index (κ2) is 18.3. The number of aromatic hydroxyl groups is 2. The number of azo groups is 2. The number of benzene rings is 6. The van der Waals surface area contributed by atoms with E-state index in [4.69, 9.17) is 22.0 Å². The van der Waals surface area contributed by atoms with Gasteiger partial charge in [0.15, 0.2) is 11.5 Å². The Hall–Kier alpha value is -5.83. The maximum absolute atomic E-state index is 12.5. The average molecular weight is 951 g/mol. The molecule has 6 rings (SSSR count). The van der Waals surface area contributed by atoms with Gasteiger partial charge in [-0.1, -0.05) is 40.4 Å². The number of phenolic OH excluding ortho intramolecular Hbond substituents is 2. The number of fused-ring (bicyclic) bond motifs is 2. The minimum absolute atomic E-state index is 0.0405. The lowest BCUT2D eigenvalue weighted by Crippen LogP contribution is -2.01. The van der Waals surface area contributed by atoms with Gasteiger partial charge in [0.05, 0.1) is 40.4 Å². The number of hydrogen-bond acceptors (Lipinski definition) is 22. The predicted octanol–water partition coefficient (Wildman–Crippen LogP) is 8.17. The third-order valence-electron chi connectivity index (χ3n) is 8.35. The van der Waals surface area contributed by atoms with Crippen molar-refractivity contribution in [3.05, 3.63) is 90.0 Å². The van der Waals surface area contributed by atoms with Crippen LogP contribution in [0, 0.1) is 0 Å². The molecule has 0 atom stereocenters. The second-order valence-corrected chi connectivity index (χ2v) is 18.0. The van der Waals surface area contributed by atoms with Gasteiger partial charge in [-0.3, -0.25) is 13.7 Å². The van der Waals surface area contributed by atoms with Crippen LogP contribution in [0.3, 0.4) is 0 Å². The van der Waals surface area contributed by atoms with E-state index in [2.05, 4.69) is 39.2 Å². The first-order chi connectivity index (χ1) is 29.2. The number of hydrogen-bond donors (Lipinski definition) is 9. The smallest absolute Gasteiger partial charge is 0.296 e. The zero-order valence-electron chi connectivity index (χ0n) is 30.4. The molecule has 0 aliphatic heterocycles. The Morgan fingerprint density at radius 2 is 1.11 bits per heavy atom. The van der Waals surface area contributed by atoms with Crippen LogP contribution >= 0.6 is 24.1 Å². The van der Waals surface area contributed by atoms with Crippen molar-refractivity contribution in [2.75, 3.05) is 11.5 Å². The molecule has 0 radical (unpaired) electrons. The molecule has 0 amide bonds. The van der Waals surface area contributed by atoms with Crippen molar-refractivity contribution in [2.24, 2.45) is 20.5 Å². The van der Waals surface area contributed by atoms with E-state index in [1.807, 2.05) is 0 Å². The fourth-order valence-electron chi connectivity index (χ4n) is 5.75. The fourth-order valence-corrected chi connectivity index (χ4v) is 8.76.